The molecule has 2 rings (SSSR count). The summed E-state index contributed by atoms with van der Waals surface area (Å²) in [5.41, 5.74) is -0.106. The Hall–Kier alpha value is -4.09. The third kappa shape index (κ3) is 15.4. The maximum absolute atomic E-state index is 13.9. The second kappa shape index (κ2) is 22.2. The molecule has 1 saturated heterocycles. The molecule has 1 aliphatic rings. The average Bonchev–Trinajstić information content (AvgIpc) is 3.57. The molecular weight excluding hydrogens is 676 g/mol. The van der Waals surface area contributed by atoms with E-state index >= 15 is 0 Å². The van der Waals surface area contributed by atoms with Gasteiger partial charge in [-0.3, -0.25) is 28.8 Å². The number of amides is 4. The number of hydrogen-bond acceptors (Lipinski definition) is 8. The predicted octanol–water partition coefficient (Wildman–Crippen LogP) is 6.06. The van der Waals surface area contributed by atoms with E-state index in [0.29, 0.717) is 24.9 Å². The highest BCUT2D eigenvalue weighted by Gasteiger charge is 2.43. The Bertz CT molecular complexity index is 1390. The van der Waals surface area contributed by atoms with Crippen molar-refractivity contribution in [3.8, 4) is 0 Å². The number of rotatable bonds is 17. The monoisotopic (exact) mass is 742 g/mol. The molecule has 0 aromatic heterocycles. The number of hydrogen-bond donors (Lipinski definition) is 2. The van der Waals surface area contributed by atoms with Crippen LogP contribution in [0.5, 0.6) is 0 Å². The largest absolute Gasteiger partial charge is 0.446 e. The number of nitrogens with one attached hydrogen (secondary N) is 2. The summed E-state index contributed by atoms with van der Waals surface area (Å²) in [5.74, 6) is -3.95. The SMILES string of the molecule is CC(C)CC(CC(=O)C1CCCN1C(=O)C(NC(=O)OC(C)C(C)C)C(C)(C)C)C(=O)C(=O)CCC(=O)N[C@H](C(=O)N(C)C)c1ccccc1.CCC. The van der Waals surface area contributed by atoms with Crippen LogP contribution in [-0.2, 0) is 33.5 Å². The van der Waals surface area contributed by atoms with Gasteiger partial charge in [0.1, 0.15) is 18.2 Å². The Kier molecular flexibility index (Phi) is 19.7. The first-order valence-electron chi connectivity index (χ1n) is 19.1. The number of nitrogens with zero attached hydrogens (tertiary/aromatic N) is 2. The third-order valence-electron chi connectivity index (χ3n) is 9.07. The Labute approximate surface area is 317 Å². The van der Waals surface area contributed by atoms with Gasteiger partial charge in [-0.2, -0.15) is 0 Å². The highest BCUT2D eigenvalue weighted by atomic mass is 16.6. The topological polar surface area (TPSA) is 159 Å². The summed E-state index contributed by atoms with van der Waals surface area (Å²) in [5, 5.41) is 5.40. The van der Waals surface area contributed by atoms with Crippen molar-refractivity contribution in [3.05, 3.63) is 35.9 Å². The van der Waals surface area contributed by atoms with Crippen LogP contribution in [0.25, 0.3) is 0 Å². The molecule has 53 heavy (non-hydrogen) atoms. The van der Waals surface area contributed by atoms with E-state index in [9.17, 15) is 33.6 Å². The van der Waals surface area contributed by atoms with Gasteiger partial charge in [0.2, 0.25) is 23.5 Å². The Morgan fingerprint density at radius 1 is 0.906 bits per heavy atom. The van der Waals surface area contributed by atoms with Crippen LogP contribution in [0.1, 0.15) is 126 Å². The Balaban J connectivity index is 0.00000452. The van der Waals surface area contributed by atoms with E-state index < -0.39 is 58.9 Å². The van der Waals surface area contributed by atoms with Gasteiger partial charge in [0.05, 0.1) is 6.04 Å². The normalized spacial score (nSPS) is 16.4. The van der Waals surface area contributed by atoms with Crippen LogP contribution in [0.2, 0.25) is 0 Å². The van der Waals surface area contributed by atoms with Gasteiger partial charge in [-0.25, -0.2) is 4.79 Å². The molecule has 12 heteroatoms. The fraction of sp³-hybridized carbons (Fsp3) is 0.683. The average molecular weight is 743 g/mol. The van der Waals surface area contributed by atoms with Crippen molar-refractivity contribution >= 4 is 41.2 Å². The van der Waals surface area contributed by atoms with Gasteiger partial charge in [0.25, 0.3) is 0 Å². The molecule has 5 atom stereocenters. The molecule has 0 spiro atoms. The summed E-state index contributed by atoms with van der Waals surface area (Å²) in [6.45, 7) is 19.4. The maximum atomic E-state index is 13.9. The van der Waals surface area contributed by atoms with Gasteiger partial charge in [-0.15, -0.1) is 0 Å². The Morgan fingerprint density at radius 2 is 1.49 bits per heavy atom. The Morgan fingerprint density at radius 3 is 2.00 bits per heavy atom. The first-order chi connectivity index (χ1) is 24.7. The second-order valence-corrected chi connectivity index (χ2v) is 16.1. The van der Waals surface area contributed by atoms with Crippen molar-refractivity contribution < 1.29 is 38.3 Å². The molecule has 0 aliphatic carbocycles. The lowest BCUT2D eigenvalue weighted by atomic mass is 9.84. The lowest BCUT2D eigenvalue weighted by Crippen LogP contribution is -2.57. The zero-order valence-corrected chi connectivity index (χ0v) is 34.2. The number of alkyl carbamates (subject to hydrolysis) is 1. The second-order valence-electron chi connectivity index (χ2n) is 16.1. The minimum Gasteiger partial charge on any atom is -0.446 e. The van der Waals surface area contributed by atoms with Crippen molar-refractivity contribution in [2.75, 3.05) is 20.6 Å². The van der Waals surface area contributed by atoms with Crippen molar-refractivity contribution in [1.29, 1.82) is 0 Å². The standard InChI is InChI=1S/C38H58N4O8.C3H8/c1-23(2)21-27(33(46)29(43)18-19-31(45)39-32(35(47)41(9)10)26-15-12-11-13-16-26)22-30(44)28-17-14-20-42(28)36(48)34(38(6,7)8)40-37(49)50-25(5)24(3)4;1-3-2/h11-13,15-16,23-25,27-28,32,34H,14,17-22H2,1-10H3,(H,39,45)(H,40,49);3H2,1-2H3/t25?,27?,28?,32-,34?;/m0./s1. The molecule has 1 aromatic carbocycles. The van der Waals surface area contributed by atoms with Crippen molar-refractivity contribution in [2.24, 2.45) is 23.2 Å². The van der Waals surface area contributed by atoms with Crippen LogP contribution in [0.3, 0.4) is 0 Å². The molecule has 0 saturated carbocycles. The van der Waals surface area contributed by atoms with Gasteiger partial charge >= 0.3 is 6.09 Å². The molecule has 4 unspecified atom stereocenters. The number of carbonyl (C=O) groups excluding carboxylic acids is 7. The van der Waals surface area contributed by atoms with Crippen LogP contribution in [-0.4, -0.2) is 89.8 Å². The van der Waals surface area contributed by atoms with E-state index in [-0.39, 0.29) is 55.3 Å². The zero-order valence-electron chi connectivity index (χ0n) is 34.2. The molecule has 12 nitrogen and oxygen atoms in total. The number of ether oxygens (including phenoxy) is 1. The first-order valence-corrected chi connectivity index (χ1v) is 19.1. The number of likely N-dealkylation sites (tertiary alicyclic amines) is 1. The highest BCUT2D eigenvalue weighted by Crippen LogP contribution is 2.29. The smallest absolute Gasteiger partial charge is 0.408 e. The van der Waals surface area contributed by atoms with Gasteiger partial charge in [-0.05, 0) is 49.0 Å². The summed E-state index contributed by atoms with van der Waals surface area (Å²) in [7, 11) is 3.16. The number of benzene rings is 1. The number of ketones is 3. The summed E-state index contributed by atoms with van der Waals surface area (Å²) >= 11 is 0. The van der Waals surface area contributed by atoms with Crippen LogP contribution >= 0.6 is 0 Å². The first kappa shape index (κ1) is 46.9. The summed E-state index contributed by atoms with van der Waals surface area (Å²) < 4.78 is 5.46. The molecule has 0 radical (unpaired) electrons. The highest BCUT2D eigenvalue weighted by molar-refractivity contribution is 6.38. The number of likely N-dealkylation sites (N-methyl/N-ethyl adjacent to an activating group) is 1. The molecule has 1 fully saturated rings. The van der Waals surface area contributed by atoms with Gasteiger partial charge in [-0.1, -0.05) is 99.1 Å². The van der Waals surface area contributed by atoms with E-state index in [1.807, 2.05) is 48.5 Å². The van der Waals surface area contributed by atoms with E-state index in [1.165, 1.54) is 16.2 Å². The quantitative estimate of drug-likeness (QED) is 0.182. The molecular formula is C41H66N4O8. The fourth-order valence-electron chi connectivity index (χ4n) is 5.87. The van der Waals surface area contributed by atoms with Crippen LogP contribution in [0.15, 0.2) is 30.3 Å². The summed E-state index contributed by atoms with van der Waals surface area (Å²) in [6.07, 6.45) is 0.534. The molecule has 1 aliphatic heterocycles. The van der Waals surface area contributed by atoms with E-state index in [1.54, 1.807) is 51.4 Å². The number of Topliss-reactive ketones (excluding diaryl/α,β-unsaturated/α-hetero) is 3. The van der Waals surface area contributed by atoms with Crippen molar-refractivity contribution in [1.82, 2.24) is 20.4 Å². The molecule has 4 amide bonds. The van der Waals surface area contributed by atoms with Gasteiger partial charge in [0.15, 0.2) is 11.6 Å². The van der Waals surface area contributed by atoms with E-state index in [4.69, 9.17) is 4.74 Å². The van der Waals surface area contributed by atoms with E-state index in [2.05, 4.69) is 24.5 Å². The lowest BCUT2D eigenvalue weighted by Gasteiger charge is -2.35. The molecule has 2 N–H and O–H groups in total. The van der Waals surface area contributed by atoms with Gasteiger partial charge < -0.3 is 25.2 Å². The number of carbonyl (C=O) groups is 7. The molecule has 1 heterocycles. The summed E-state index contributed by atoms with van der Waals surface area (Å²) in [4.78, 5) is 95.5. The van der Waals surface area contributed by atoms with Crippen LogP contribution in [0, 0.1) is 23.2 Å². The maximum Gasteiger partial charge on any atom is 0.408 e. The third-order valence-corrected chi connectivity index (χ3v) is 9.07. The fourth-order valence-corrected chi connectivity index (χ4v) is 5.87. The molecule has 298 valence electrons. The van der Waals surface area contributed by atoms with Crippen LogP contribution in [0.4, 0.5) is 4.79 Å². The molecule has 0 bridgehead atoms. The minimum atomic E-state index is -0.960. The lowest BCUT2D eigenvalue weighted by molar-refractivity contribution is -0.143. The van der Waals surface area contributed by atoms with E-state index in [0.717, 1.165) is 0 Å². The predicted molar refractivity (Wildman–Crippen MR) is 206 cm³/mol. The zero-order chi connectivity index (χ0) is 40.6. The van der Waals surface area contributed by atoms with Crippen LogP contribution < -0.4 is 10.6 Å². The summed E-state index contributed by atoms with van der Waals surface area (Å²) in [6, 6.07) is 6.02. The molecule has 1 aromatic rings. The van der Waals surface area contributed by atoms with Gasteiger partial charge in [0, 0.05) is 45.8 Å². The van der Waals surface area contributed by atoms with Crippen molar-refractivity contribution in [2.45, 2.75) is 138 Å². The van der Waals surface area contributed by atoms with Crippen molar-refractivity contribution in [3.63, 3.8) is 0 Å². The minimum absolute atomic E-state index is 0.00782.